The van der Waals surface area contributed by atoms with Gasteiger partial charge in [-0.25, -0.2) is 0 Å². The van der Waals surface area contributed by atoms with Crippen LogP contribution in [0.5, 0.6) is 0 Å². The molecule has 1 heterocycles. The van der Waals surface area contributed by atoms with Crippen molar-refractivity contribution in [2.24, 2.45) is 0 Å². The van der Waals surface area contributed by atoms with Crippen molar-refractivity contribution >= 4 is 11.5 Å². The third kappa shape index (κ3) is 1.74. The van der Waals surface area contributed by atoms with Crippen molar-refractivity contribution in [3.63, 3.8) is 0 Å². The Morgan fingerprint density at radius 2 is 2.06 bits per heavy atom. The normalized spacial score (nSPS) is 10.4. The number of benzene rings is 1. The van der Waals surface area contributed by atoms with Crippen LogP contribution in [0.15, 0.2) is 28.8 Å². The molecule has 0 aliphatic rings. The predicted octanol–water partition coefficient (Wildman–Crippen LogP) is 2.30. The lowest BCUT2D eigenvalue weighted by Crippen LogP contribution is -2.10. The third-order valence-electron chi connectivity index (χ3n) is 2.51. The van der Waals surface area contributed by atoms with Gasteiger partial charge in [-0.2, -0.15) is 0 Å². The molecule has 0 spiro atoms. The minimum atomic E-state index is 0.406. The van der Waals surface area contributed by atoms with E-state index in [-0.39, 0.29) is 0 Å². The van der Waals surface area contributed by atoms with Crippen molar-refractivity contribution in [2.75, 3.05) is 24.7 Å². The smallest absolute Gasteiger partial charge is 0.171 e. The second kappa shape index (κ2) is 3.89. The topological polar surface area (TPSA) is 55.3 Å². The van der Waals surface area contributed by atoms with Crippen molar-refractivity contribution in [1.82, 2.24) is 5.16 Å². The van der Waals surface area contributed by atoms with Crippen molar-refractivity contribution in [1.29, 1.82) is 0 Å². The standard InChI is InChI=1S/C12H15N3O/c1-8-5-4-6-9(15(2)3)12(8)10-7-11(13)14-16-10/h4-7H,1-3H3,(H2,13,14). The Morgan fingerprint density at radius 3 is 2.62 bits per heavy atom. The summed E-state index contributed by atoms with van der Waals surface area (Å²) in [6.45, 7) is 2.04. The molecule has 0 amide bonds. The molecule has 0 bridgehead atoms. The molecule has 0 aliphatic heterocycles. The van der Waals surface area contributed by atoms with Crippen LogP contribution >= 0.6 is 0 Å². The molecule has 0 saturated carbocycles. The zero-order valence-corrected chi connectivity index (χ0v) is 9.69. The van der Waals surface area contributed by atoms with Crippen LogP contribution in [-0.2, 0) is 0 Å². The highest BCUT2D eigenvalue weighted by Gasteiger charge is 2.13. The first-order valence-corrected chi connectivity index (χ1v) is 5.09. The minimum absolute atomic E-state index is 0.406. The average Bonchev–Trinajstić information content (AvgIpc) is 2.64. The zero-order valence-electron chi connectivity index (χ0n) is 9.69. The summed E-state index contributed by atoms with van der Waals surface area (Å²) in [6.07, 6.45) is 0. The van der Waals surface area contributed by atoms with Gasteiger partial charge in [0.2, 0.25) is 0 Å². The fourth-order valence-electron chi connectivity index (χ4n) is 1.75. The molecular formula is C12H15N3O. The van der Waals surface area contributed by atoms with Gasteiger partial charge in [0.15, 0.2) is 11.6 Å². The molecule has 0 unspecified atom stereocenters. The molecule has 1 aromatic heterocycles. The Kier molecular flexibility index (Phi) is 2.56. The predicted molar refractivity (Wildman–Crippen MR) is 65.4 cm³/mol. The van der Waals surface area contributed by atoms with Gasteiger partial charge in [-0.15, -0.1) is 0 Å². The summed E-state index contributed by atoms with van der Waals surface area (Å²) in [5, 5.41) is 3.72. The number of aryl methyl sites for hydroxylation is 1. The molecule has 0 aliphatic carbocycles. The third-order valence-corrected chi connectivity index (χ3v) is 2.51. The number of anilines is 2. The van der Waals surface area contributed by atoms with E-state index in [1.165, 1.54) is 0 Å². The number of nitrogens with two attached hydrogens (primary N) is 1. The molecule has 0 radical (unpaired) electrons. The maximum absolute atomic E-state index is 5.57. The van der Waals surface area contributed by atoms with Crippen LogP contribution in [0.3, 0.4) is 0 Å². The van der Waals surface area contributed by atoms with Crippen molar-refractivity contribution in [3.05, 3.63) is 29.8 Å². The van der Waals surface area contributed by atoms with E-state index in [1.807, 2.05) is 44.1 Å². The molecule has 16 heavy (non-hydrogen) atoms. The summed E-state index contributed by atoms with van der Waals surface area (Å²) < 4.78 is 5.22. The summed E-state index contributed by atoms with van der Waals surface area (Å²) in [6, 6.07) is 7.85. The van der Waals surface area contributed by atoms with Gasteiger partial charge in [-0.1, -0.05) is 17.3 Å². The summed E-state index contributed by atoms with van der Waals surface area (Å²) >= 11 is 0. The van der Waals surface area contributed by atoms with Crippen molar-refractivity contribution in [2.45, 2.75) is 6.92 Å². The number of rotatable bonds is 2. The highest BCUT2D eigenvalue weighted by atomic mass is 16.5. The van der Waals surface area contributed by atoms with Crippen LogP contribution in [-0.4, -0.2) is 19.3 Å². The van der Waals surface area contributed by atoms with Gasteiger partial charge < -0.3 is 15.2 Å². The quantitative estimate of drug-likeness (QED) is 0.838. The van der Waals surface area contributed by atoms with Gasteiger partial charge >= 0.3 is 0 Å². The first kappa shape index (κ1) is 10.5. The highest BCUT2D eigenvalue weighted by molar-refractivity contribution is 5.78. The Labute approximate surface area is 94.6 Å². The second-order valence-electron chi connectivity index (χ2n) is 3.98. The summed E-state index contributed by atoms with van der Waals surface area (Å²) in [4.78, 5) is 2.04. The summed E-state index contributed by atoms with van der Waals surface area (Å²) in [7, 11) is 4.00. The molecule has 4 heteroatoms. The Hall–Kier alpha value is -1.97. The number of hydrogen-bond donors (Lipinski definition) is 1. The van der Waals surface area contributed by atoms with Crippen LogP contribution in [0.2, 0.25) is 0 Å². The fraction of sp³-hybridized carbons (Fsp3) is 0.250. The maximum atomic E-state index is 5.57. The van der Waals surface area contributed by atoms with E-state index >= 15 is 0 Å². The summed E-state index contributed by atoms with van der Waals surface area (Å²) in [5.74, 6) is 1.11. The second-order valence-corrected chi connectivity index (χ2v) is 3.98. The number of aromatic nitrogens is 1. The maximum Gasteiger partial charge on any atom is 0.171 e. The summed E-state index contributed by atoms with van der Waals surface area (Å²) in [5.41, 5.74) is 8.85. The van der Waals surface area contributed by atoms with Gasteiger partial charge in [0.1, 0.15) is 0 Å². The van der Waals surface area contributed by atoms with Crippen LogP contribution < -0.4 is 10.6 Å². The lowest BCUT2D eigenvalue weighted by Gasteiger charge is -2.17. The molecule has 2 N–H and O–H groups in total. The molecule has 4 nitrogen and oxygen atoms in total. The Balaban J connectivity index is 2.62. The van der Waals surface area contributed by atoms with Crippen LogP contribution in [0, 0.1) is 6.92 Å². The minimum Gasteiger partial charge on any atom is -0.381 e. The highest BCUT2D eigenvalue weighted by Crippen LogP contribution is 2.33. The largest absolute Gasteiger partial charge is 0.381 e. The first-order valence-electron chi connectivity index (χ1n) is 5.09. The Morgan fingerprint density at radius 1 is 1.31 bits per heavy atom. The van der Waals surface area contributed by atoms with Crippen molar-refractivity contribution < 1.29 is 4.52 Å². The molecule has 0 fully saturated rings. The zero-order chi connectivity index (χ0) is 11.7. The van der Waals surface area contributed by atoms with Crippen LogP contribution in [0.25, 0.3) is 11.3 Å². The lowest BCUT2D eigenvalue weighted by molar-refractivity contribution is 0.435. The van der Waals surface area contributed by atoms with Gasteiger partial charge in [0, 0.05) is 31.4 Å². The van der Waals surface area contributed by atoms with E-state index in [1.54, 1.807) is 6.07 Å². The molecule has 0 atom stereocenters. The van der Waals surface area contributed by atoms with Crippen molar-refractivity contribution in [3.8, 4) is 11.3 Å². The number of nitrogen functional groups attached to an aromatic ring is 1. The molecule has 2 aromatic rings. The van der Waals surface area contributed by atoms with Gasteiger partial charge in [0.05, 0.1) is 0 Å². The van der Waals surface area contributed by atoms with E-state index in [2.05, 4.69) is 5.16 Å². The fourth-order valence-corrected chi connectivity index (χ4v) is 1.75. The van der Waals surface area contributed by atoms with E-state index in [9.17, 15) is 0 Å². The van der Waals surface area contributed by atoms with E-state index in [0.717, 1.165) is 16.8 Å². The monoisotopic (exact) mass is 217 g/mol. The number of hydrogen-bond acceptors (Lipinski definition) is 4. The van der Waals surface area contributed by atoms with E-state index in [4.69, 9.17) is 10.3 Å². The van der Waals surface area contributed by atoms with Gasteiger partial charge in [0.25, 0.3) is 0 Å². The first-order chi connectivity index (χ1) is 7.59. The number of nitrogens with zero attached hydrogens (tertiary/aromatic N) is 2. The van der Waals surface area contributed by atoms with Crippen LogP contribution in [0.4, 0.5) is 11.5 Å². The molecule has 1 aromatic carbocycles. The van der Waals surface area contributed by atoms with E-state index in [0.29, 0.717) is 11.6 Å². The van der Waals surface area contributed by atoms with Crippen LogP contribution in [0.1, 0.15) is 5.56 Å². The van der Waals surface area contributed by atoms with Gasteiger partial charge in [-0.3, -0.25) is 0 Å². The average molecular weight is 217 g/mol. The van der Waals surface area contributed by atoms with E-state index < -0.39 is 0 Å². The molecule has 0 saturated heterocycles. The molecular weight excluding hydrogens is 202 g/mol. The van der Waals surface area contributed by atoms with Gasteiger partial charge in [-0.05, 0) is 18.6 Å². The SMILES string of the molecule is Cc1cccc(N(C)C)c1-c1cc(N)no1. The molecule has 84 valence electrons. The lowest BCUT2D eigenvalue weighted by atomic mass is 10.0. The Bertz CT molecular complexity index is 503. The molecule has 2 rings (SSSR count).